The number of rotatable bonds is 8. The van der Waals surface area contributed by atoms with E-state index in [1.807, 2.05) is 6.92 Å². The lowest BCUT2D eigenvalue weighted by atomic mass is 9.91. The van der Waals surface area contributed by atoms with E-state index in [4.69, 9.17) is 10.8 Å². The van der Waals surface area contributed by atoms with Gasteiger partial charge in [-0.3, -0.25) is 4.79 Å². The molecule has 0 aliphatic heterocycles. The maximum Gasteiger partial charge on any atom is 0.307 e. The van der Waals surface area contributed by atoms with Gasteiger partial charge in [0.1, 0.15) is 11.5 Å². The molecule has 2 atom stereocenters. The molecule has 0 bridgehead atoms. The number of aromatic hydroxyl groups is 2. The molecule has 0 amide bonds. The highest BCUT2D eigenvalue weighted by atomic mass is 16.4. The Kier molecular flexibility index (Phi) is 6.31. The summed E-state index contributed by atoms with van der Waals surface area (Å²) in [7, 11) is 0. The first kappa shape index (κ1) is 16.3. The Balaban J connectivity index is 2.40. The van der Waals surface area contributed by atoms with Crippen molar-refractivity contribution in [2.24, 2.45) is 17.6 Å². The molecule has 2 unspecified atom stereocenters. The van der Waals surface area contributed by atoms with Gasteiger partial charge in [0.25, 0.3) is 0 Å². The van der Waals surface area contributed by atoms with Crippen molar-refractivity contribution in [2.45, 2.75) is 32.6 Å². The predicted molar refractivity (Wildman–Crippen MR) is 76.7 cm³/mol. The zero-order chi connectivity index (χ0) is 15.1. The van der Waals surface area contributed by atoms with Crippen LogP contribution in [0.5, 0.6) is 11.5 Å². The molecule has 0 aromatic heterocycles. The summed E-state index contributed by atoms with van der Waals surface area (Å²) < 4.78 is 0. The molecule has 20 heavy (non-hydrogen) atoms. The molecule has 0 aliphatic carbocycles. The maximum absolute atomic E-state index is 10.9. The first-order valence-corrected chi connectivity index (χ1v) is 6.87. The van der Waals surface area contributed by atoms with Crippen LogP contribution in [0.25, 0.3) is 0 Å². The van der Waals surface area contributed by atoms with E-state index in [1.165, 1.54) is 12.1 Å². The number of carboxylic acid groups (broad SMARTS) is 1. The van der Waals surface area contributed by atoms with Gasteiger partial charge in [0.15, 0.2) is 0 Å². The van der Waals surface area contributed by atoms with Crippen LogP contribution in [-0.4, -0.2) is 27.8 Å². The number of carbonyl (C=O) groups is 1. The Morgan fingerprint density at radius 3 is 2.65 bits per heavy atom. The minimum absolute atomic E-state index is 0.139. The second-order valence-corrected chi connectivity index (χ2v) is 5.32. The quantitative estimate of drug-likeness (QED) is 0.546. The molecular weight excluding hydrogens is 258 g/mol. The van der Waals surface area contributed by atoms with Crippen LogP contribution < -0.4 is 5.73 Å². The van der Waals surface area contributed by atoms with Gasteiger partial charge >= 0.3 is 5.97 Å². The van der Waals surface area contributed by atoms with Gasteiger partial charge in [-0.1, -0.05) is 13.3 Å². The van der Waals surface area contributed by atoms with Crippen LogP contribution in [0.3, 0.4) is 0 Å². The standard InChI is InChI=1S/C15H23NO4/c1-10(7-12(9-16)15(19)20)3-2-4-11-8-13(17)5-6-14(11)18/h5-6,8,10,12,17-18H,2-4,7,9,16H2,1H3,(H,19,20). The van der Waals surface area contributed by atoms with Gasteiger partial charge in [-0.05, 0) is 48.9 Å². The van der Waals surface area contributed by atoms with Crippen LogP contribution in [0.1, 0.15) is 31.7 Å². The second kappa shape index (κ2) is 7.75. The summed E-state index contributed by atoms with van der Waals surface area (Å²) in [6, 6.07) is 4.48. The Hall–Kier alpha value is -1.75. The predicted octanol–water partition coefficient (Wildman–Crippen LogP) is 2.11. The van der Waals surface area contributed by atoms with Crippen LogP contribution in [0.15, 0.2) is 18.2 Å². The number of phenols is 2. The molecule has 5 N–H and O–H groups in total. The molecule has 0 fully saturated rings. The van der Waals surface area contributed by atoms with Gasteiger partial charge in [0.05, 0.1) is 5.92 Å². The molecule has 0 saturated carbocycles. The first-order valence-electron chi connectivity index (χ1n) is 6.87. The van der Waals surface area contributed by atoms with Crippen molar-refractivity contribution in [3.63, 3.8) is 0 Å². The van der Waals surface area contributed by atoms with Crippen molar-refractivity contribution < 1.29 is 20.1 Å². The fraction of sp³-hybridized carbons (Fsp3) is 0.533. The zero-order valence-corrected chi connectivity index (χ0v) is 11.7. The number of benzene rings is 1. The number of aliphatic carboxylic acids is 1. The minimum Gasteiger partial charge on any atom is -0.508 e. The first-order chi connectivity index (χ1) is 9.43. The summed E-state index contributed by atoms with van der Waals surface area (Å²) in [5.41, 5.74) is 6.15. The van der Waals surface area contributed by atoms with E-state index in [0.29, 0.717) is 18.4 Å². The number of nitrogens with two attached hydrogens (primary N) is 1. The van der Waals surface area contributed by atoms with Crippen LogP contribution in [0.4, 0.5) is 0 Å². The van der Waals surface area contributed by atoms with Gasteiger partial charge in [-0.25, -0.2) is 0 Å². The lowest BCUT2D eigenvalue weighted by Crippen LogP contribution is -2.25. The van der Waals surface area contributed by atoms with E-state index in [-0.39, 0.29) is 24.0 Å². The molecular formula is C15H23NO4. The van der Waals surface area contributed by atoms with E-state index in [1.54, 1.807) is 6.07 Å². The molecule has 1 rings (SSSR count). The summed E-state index contributed by atoms with van der Waals surface area (Å²) in [4.78, 5) is 10.9. The van der Waals surface area contributed by atoms with Gasteiger partial charge in [0.2, 0.25) is 0 Å². The van der Waals surface area contributed by atoms with Crippen molar-refractivity contribution in [3.8, 4) is 11.5 Å². The summed E-state index contributed by atoms with van der Waals surface area (Å²) in [6.45, 7) is 2.17. The number of phenolic OH excluding ortho intramolecular Hbond substituents is 2. The molecule has 0 spiro atoms. The second-order valence-electron chi connectivity index (χ2n) is 5.32. The van der Waals surface area contributed by atoms with E-state index in [0.717, 1.165) is 12.8 Å². The van der Waals surface area contributed by atoms with Crippen LogP contribution >= 0.6 is 0 Å². The average Bonchev–Trinajstić information content (AvgIpc) is 2.39. The third-order valence-electron chi connectivity index (χ3n) is 3.53. The van der Waals surface area contributed by atoms with Gasteiger partial charge in [-0.2, -0.15) is 0 Å². The lowest BCUT2D eigenvalue weighted by molar-refractivity contribution is -0.141. The van der Waals surface area contributed by atoms with Crippen LogP contribution in [0, 0.1) is 11.8 Å². The fourth-order valence-electron chi connectivity index (χ4n) is 2.31. The third kappa shape index (κ3) is 5.09. The van der Waals surface area contributed by atoms with E-state index >= 15 is 0 Å². The minimum atomic E-state index is -0.843. The van der Waals surface area contributed by atoms with Crippen molar-refractivity contribution in [2.75, 3.05) is 6.54 Å². The molecule has 0 saturated heterocycles. The van der Waals surface area contributed by atoms with E-state index in [9.17, 15) is 15.0 Å². The Bertz CT molecular complexity index is 447. The molecule has 1 aromatic rings. The summed E-state index contributed by atoms with van der Waals surface area (Å²) in [6.07, 6.45) is 2.91. The van der Waals surface area contributed by atoms with Gasteiger partial charge < -0.3 is 21.1 Å². The molecule has 5 nitrogen and oxygen atoms in total. The van der Waals surface area contributed by atoms with Gasteiger partial charge in [-0.15, -0.1) is 0 Å². The topological polar surface area (TPSA) is 104 Å². The fourth-order valence-corrected chi connectivity index (χ4v) is 2.31. The van der Waals surface area contributed by atoms with Crippen LogP contribution in [-0.2, 0) is 11.2 Å². The van der Waals surface area contributed by atoms with Crippen molar-refractivity contribution in [1.29, 1.82) is 0 Å². The average molecular weight is 281 g/mol. The summed E-state index contributed by atoms with van der Waals surface area (Å²) >= 11 is 0. The zero-order valence-electron chi connectivity index (χ0n) is 11.7. The largest absolute Gasteiger partial charge is 0.508 e. The molecule has 1 aromatic carbocycles. The number of aryl methyl sites for hydroxylation is 1. The molecule has 112 valence electrons. The van der Waals surface area contributed by atoms with E-state index < -0.39 is 11.9 Å². The van der Waals surface area contributed by atoms with Crippen molar-refractivity contribution >= 4 is 5.97 Å². The Labute approximate surface area is 119 Å². The number of hydrogen-bond acceptors (Lipinski definition) is 4. The number of carboxylic acids is 1. The SMILES string of the molecule is CC(CCCc1cc(O)ccc1O)CC(CN)C(=O)O. The smallest absolute Gasteiger partial charge is 0.307 e. The summed E-state index contributed by atoms with van der Waals surface area (Å²) in [5, 5.41) is 28.0. The summed E-state index contributed by atoms with van der Waals surface area (Å²) in [5.74, 6) is -0.746. The molecule has 0 radical (unpaired) electrons. The number of hydrogen-bond donors (Lipinski definition) is 4. The van der Waals surface area contributed by atoms with Crippen molar-refractivity contribution in [3.05, 3.63) is 23.8 Å². The molecule has 5 heteroatoms. The lowest BCUT2D eigenvalue weighted by Gasteiger charge is -2.16. The molecule has 0 aliphatic rings. The Morgan fingerprint density at radius 2 is 2.05 bits per heavy atom. The highest BCUT2D eigenvalue weighted by Gasteiger charge is 2.18. The monoisotopic (exact) mass is 281 g/mol. The Morgan fingerprint density at radius 1 is 1.35 bits per heavy atom. The van der Waals surface area contributed by atoms with Gasteiger partial charge in [0, 0.05) is 6.54 Å². The highest BCUT2D eigenvalue weighted by molar-refractivity contribution is 5.70. The third-order valence-corrected chi connectivity index (χ3v) is 3.53. The van der Waals surface area contributed by atoms with Crippen molar-refractivity contribution in [1.82, 2.24) is 0 Å². The maximum atomic E-state index is 10.9. The highest BCUT2D eigenvalue weighted by Crippen LogP contribution is 2.25. The van der Waals surface area contributed by atoms with Crippen LogP contribution in [0.2, 0.25) is 0 Å². The molecule has 0 heterocycles. The normalized spacial score (nSPS) is 13.9. The van der Waals surface area contributed by atoms with E-state index in [2.05, 4.69) is 0 Å².